The summed E-state index contributed by atoms with van der Waals surface area (Å²) < 4.78 is 13.0. The SMILES string of the molecule is Cc1nc(CCNC(C)c2cncc(F)c2)cs1. The predicted molar refractivity (Wildman–Crippen MR) is 71.2 cm³/mol. The highest BCUT2D eigenvalue weighted by atomic mass is 32.1. The second-order valence-electron chi connectivity index (χ2n) is 4.22. The Morgan fingerprint density at radius 1 is 1.44 bits per heavy atom. The molecule has 0 fully saturated rings. The number of aromatic nitrogens is 2. The van der Waals surface area contributed by atoms with Gasteiger partial charge < -0.3 is 5.32 Å². The van der Waals surface area contributed by atoms with Gasteiger partial charge in [0.2, 0.25) is 0 Å². The maximum Gasteiger partial charge on any atom is 0.141 e. The van der Waals surface area contributed by atoms with Gasteiger partial charge in [0.1, 0.15) is 5.82 Å². The van der Waals surface area contributed by atoms with Gasteiger partial charge in [-0.25, -0.2) is 9.37 Å². The molecule has 0 spiro atoms. The zero-order valence-electron chi connectivity index (χ0n) is 10.5. The van der Waals surface area contributed by atoms with Gasteiger partial charge in [0, 0.05) is 30.6 Å². The Morgan fingerprint density at radius 2 is 2.28 bits per heavy atom. The molecule has 0 saturated carbocycles. The van der Waals surface area contributed by atoms with Crippen LogP contribution in [-0.4, -0.2) is 16.5 Å². The highest BCUT2D eigenvalue weighted by Crippen LogP contribution is 2.12. The van der Waals surface area contributed by atoms with Crippen LogP contribution in [0, 0.1) is 12.7 Å². The largest absolute Gasteiger partial charge is 0.310 e. The molecule has 0 aliphatic carbocycles. The molecule has 2 heterocycles. The first-order valence-corrected chi connectivity index (χ1v) is 6.78. The standard InChI is InChI=1S/C13H16FN3S/c1-9(11-5-12(14)7-15-6-11)16-4-3-13-8-18-10(2)17-13/h5-9,16H,3-4H2,1-2H3. The van der Waals surface area contributed by atoms with Gasteiger partial charge in [-0.3, -0.25) is 4.98 Å². The molecule has 0 aromatic carbocycles. The second-order valence-corrected chi connectivity index (χ2v) is 5.28. The van der Waals surface area contributed by atoms with E-state index in [4.69, 9.17) is 0 Å². The number of aryl methyl sites for hydroxylation is 1. The maximum absolute atomic E-state index is 13.0. The van der Waals surface area contributed by atoms with E-state index >= 15 is 0 Å². The number of thiazole rings is 1. The molecule has 2 rings (SSSR count). The lowest BCUT2D eigenvalue weighted by atomic mass is 10.1. The normalized spacial score (nSPS) is 12.6. The smallest absolute Gasteiger partial charge is 0.141 e. The van der Waals surface area contributed by atoms with E-state index in [0.717, 1.165) is 29.2 Å². The fourth-order valence-electron chi connectivity index (χ4n) is 1.72. The third-order valence-corrected chi connectivity index (χ3v) is 3.55. The topological polar surface area (TPSA) is 37.8 Å². The van der Waals surface area contributed by atoms with Crippen molar-refractivity contribution in [1.29, 1.82) is 0 Å². The summed E-state index contributed by atoms with van der Waals surface area (Å²) in [5, 5.41) is 6.51. The maximum atomic E-state index is 13.0. The van der Waals surface area contributed by atoms with Crippen LogP contribution in [0.1, 0.15) is 29.2 Å². The van der Waals surface area contributed by atoms with Crippen LogP contribution in [0.4, 0.5) is 4.39 Å². The van der Waals surface area contributed by atoms with Crippen LogP contribution in [-0.2, 0) is 6.42 Å². The van der Waals surface area contributed by atoms with E-state index in [1.165, 1.54) is 12.3 Å². The summed E-state index contributed by atoms with van der Waals surface area (Å²) in [7, 11) is 0. The van der Waals surface area contributed by atoms with Gasteiger partial charge in [0.05, 0.1) is 16.9 Å². The Kier molecular flexibility index (Phi) is 4.38. The monoisotopic (exact) mass is 265 g/mol. The van der Waals surface area contributed by atoms with Crippen molar-refractivity contribution in [2.45, 2.75) is 26.3 Å². The molecule has 1 N–H and O–H groups in total. The van der Waals surface area contributed by atoms with E-state index in [1.807, 2.05) is 13.8 Å². The average Bonchev–Trinajstić information content (AvgIpc) is 2.75. The highest BCUT2D eigenvalue weighted by Gasteiger charge is 2.06. The van der Waals surface area contributed by atoms with Crippen LogP contribution in [0.2, 0.25) is 0 Å². The molecule has 0 radical (unpaired) electrons. The van der Waals surface area contributed by atoms with Gasteiger partial charge in [-0.1, -0.05) is 0 Å². The Morgan fingerprint density at radius 3 is 2.94 bits per heavy atom. The number of rotatable bonds is 5. The van der Waals surface area contributed by atoms with Crippen LogP contribution in [0.15, 0.2) is 23.8 Å². The molecule has 1 atom stereocenters. The summed E-state index contributed by atoms with van der Waals surface area (Å²) in [5.74, 6) is -0.295. The van der Waals surface area contributed by atoms with Crippen molar-refractivity contribution in [1.82, 2.24) is 15.3 Å². The Bertz CT molecular complexity index is 512. The zero-order valence-corrected chi connectivity index (χ0v) is 11.3. The molecule has 0 aliphatic heterocycles. The van der Waals surface area contributed by atoms with E-state index in [2.05, 4.69) is 20.7 Å². The zero-order chi connectivity index (χ0) is 13.0. The molecule has 1 unspecified atom stereocenters. The molecule has 2 aromatic rings. The van der Waals surface area contributed by atoms with E-state index in [0.29, 0.717) is 0 Å². The lowest BCUT2D eigenvalue weighted by molar-refractivity contribution is 0.561. The van der Waals surface area contributed by atoms with E-state index < -0.39 is 0 Å². The summed E-state index contributed by atoms with van der Waals surface area (Å²) in [4.78, 5) is 8.25. The summed E-state index contributed by atoms with van der Waals surface area (Å²) in [6.45, 7) is 4.83. The number of nitrogens with zero attached hydrogens (tertiary/aromatic N) is 2. The van der Waals surface area contributed by atoms with Gasteiger partial charge in [-0.05, 0) is 25.5 Å². The minimum absolute atomic E-state index is 0.0907. The van der Waals surface area contributed by atoms with Gasteiger partial charge in [0.15, 0.2) is 0 Å². The molecular weight excluding hydrogens is 249 g/mol. The second kappa shape index (κ2) is 6.02. The third-order valence-electron chi connectivity index (χ3n) is 2.72. The van der Waals surface area contributed by atoms with E-state index in [-0.39, 0.29) is 11.9 Å². The molecule has 0 amide bonds. The third kappa shape index (κ3) is 3.58. The fourth-order valence-corrected chi connectivity index (χ4v) is 2.37. The van der Waals surface area contributed by atoms with Crippen LogP contribution >= 0.6 is 11.3 Å². The van der Waals surface area contributed by atoms with Crippen molar-refractivity contribution >= 4 is 11.3 Å². The first kappa shape index (κ1) is 13.1. The molecule has 2 aromatic heterocycles. The molecule has 0 saturated heterocycles. The number of pyridine rings is 1. The van der Waals surface area contributed by atoms with Gasteiger partial charge in [-0.2, -0.15) is 0 Å². The van der Waals surface area contributed by atoms with E-state index in [1.54, 1.807) is 17.5 Å². The fraction of sp³-hybridized carbons (Fsp3) is 0.385. The Hall–Kier alpha value is -1.33. The van der Waals surface area contributed by atoms with Crippen molar-refractivity contribution in [2.75, 3.05) is 6.54 Å². The summed E-state index contributed by atoms with van der Waals surface area (Å²) in [5.41, 5.74) is 1.97. The molecule has 96 valence electrons. The van der Waals surface area contributed by atoms with Gasteiger partial charge in [0.25, 0.3) is 0 Å². The van der Waals surface area contributed by atoms with Crippen molar-refractivity contribution < 1.29 is 4.39 Å². The lowest BCUT2D eigenvalue weighted by Crippen LogP contribution is -2.21. The van der Waals surface area contributed by atoms with Crippen LogP contribution in [0.5, 0.6) is 0 Å². The van der Waals surface area contributed by atoms with Crippen molar-refractivity contribution in [3.63, 3.8) is 0 Å². The Balaban J connectivity index is 1.83. The van der Waals surface area contributed by atoms with Gasteiger partial charge >= 0.3 is 0 Å². The molecule has 0 bridgehead atoms. The van der Waals surface area contributed by atoms with Crippen molar-refractivity contribution in [3.05, 3.63) is 45.9 Å². The Labute approximate surface area is 110 Å². The molecule has 3 nitrogen and oxygen atoms in total. The number of hydrogen-bond acceptors (Lipinski definition) is 4. The van der Waals surface area contributed by atoms with Crippen LogP contribution < -0.4 is 5.32 Å². The number of nitrogens with one attached hydrogen (secondary N) is 1. The summed E-state index contributed by atoms with van der Waals surface area (Å²) in [6, 6.07) is 1.60. The van der Waals surface area contributed by atoms with Crippen molar-refractivity contribution in [3.8, 4) is 0 Å². The number of halogens is 1. The van der Waals surface area contributed by atoms with Crippen molar-refractivity contribution in [2.24, 2.45) is 0 Å². The van der Waals surface area contributed by atoms with Crippen LogP contribution in [0.25, 0.3) is 0 Å². The van der Waals surface area contributed by atoms with Crippen LogP contribution in [0.3, 0.4) is 0 Å². The molecule has 18 heavy (non-hydrogen) atoms. The summed E-state index contributed by atoms with van der Waals surface area (Å²) in [6.07, 6.45) is 3.79. The lowest BCUT2D eigenvalue weighted by Gasteiger charge is -2.13. The first-order chi connectivity index (χ1) is 8.65. The molecular formula is C13H16FN3S. The summed E-state index contributed by atoms with van der Waals surface area (Å²) >= 11 is 1.66. The molecule has 0 aliphatic rings. The average molecular weight is 265 g/mol. The quantitative estimate of drug-likeness (QED) is 0.903. The van der Waals surface area contributed by atoms with Gasteiger partial charge in [-0.15, -0.1) is 11.3 Å². The highest BCUT2D eigenvalue weighted by molar-refractivity contribution is 7.09. The minimum Gasteiger partial charge on any atom is -0.310 e. The van der Waals surface area contributed by atoms with E-state index in [9.17, 15) is 4.39 Å². The minimum atomic E-state index is -0.295. The number of hydrogen-bond donors (Lipinski definition) is 1. The predicted octanol–water partition coefficient (Wildman–Crippen LogP) is 2.88. The first-order valence-electron chi connectivity index (χ1n) is 5.90. The molecule has 5 heteroatoms.